The van der Waals surface area contributed by atoms with E-state index < -0.39 is 5.54 Å². The molecule has 1 rings (SSSR count). The molecule has 19 heavy (non-hydrogen) atoms. The van der Waals surface area contributed by atoms with Gasteiger partial charge in [-0.05, 0) is 36.9 Å². The Morgan fingerprint density at radius 2 is 1.84 bits per heavy atom. The maximum Gasteiger partial charge on any atom is 0.330 e. The summed E-state index contributed by atoms with van der Waals surface area (Å²) in [6.45, 7) is 7.01. The molecule has 0 aliphatic carbocycles. The third-order valence-corrected chi connectivity index (χ3v) is 3.60. The second-order valence-electron chi connectivity index (χ2n) is 4.73. The average molecular weight is 263 g/mol. The molecular weight excluding hydrogens is 238 g/mol. The first-order valence-electron chi connectivity index (χ1n) is 7.07. The molecule has 1 N–H and O–H groups in total. The third kappa shape index (κ3) is 3.35. The molecule has 0 bridgehead atoms. The van der Waals surface area contributed by atoms with Crippen molar-refractivity contribution in [1.82, 2.24) is 5.32 Å². The summed E-state index contributed by atoms with van der Waals surface area (Å²) in [6, 6.07) is 8.22. The van der Waals surface area contributed by atoms with Gasteiger partial charge in [-0.15, -0.1) is 0 Å². The van der Waals surface area contributed by atoms with Gasteiger partial charge < -0.3 is 4.74 Å². The van der Waals surface area contributed by atoms with E-state index in [0.29, 0.717) is 6.42 Å². The van der Waals surface area contributed by atoms with Crippen molar-refractivity contribution < 1.29 is 9.53 Å². The molecule has 0 aliphatic rings. The van der Waals surface area contributed by atoms with Crippen molar-refractivity contribution >= 4 is 5.97 Å². The van der Waals surface area contributed by atoms with Crippen molar-refractivity contribution in [3.8, 4) is 0 Å². The lowest BCUT2D eigenvalue weighted by Crippen LogP contribution is -2.49. The van der Waals surface area contributed by atoms with E-state index in [-0.39, 0.29) is 5.97 Å². The molecule has 3 nitrogen and oxygen atoms in total. The Hall–Kier alpha value is -1.35. The lowest BCUT2D eigenvalue weighted by Gasteiger charge is -2.31. The van der Waals surface area contributed by atoms with E-state index in [4.69, 9.17) is 4.74 Å². The Morgan fingerprint density at radius 1 is 1.21 bits per heavy atom. The van der Waals surface area contributed by atoms with E-state index in [1.54, 1.807) is 0 Å². The van der Waals surface area contributed by atoms with Gasteiger partial charge in [0.1, 0.15) is 5.54 Å². The van der Waals surface area contributed by atoms with E-state index in [0.717, 1.165) is 24.9 Å². The number of benzene rings is 1. The number of nitrogens with one attached hydrogen (secondary N) is 1. The number of rotatable bonds is 7. The number of carbonyl (C=O) groups is 1. The first kappa shape index (κ1) is 15.7. The summed E-state index contributed by atoms with van der Waals surface area (Å²) in [5.41, 5.74) is 1.53. The molecule has 106 valence electrons. The minimum Gasteiger partial charge on any atom is -0.467 e. The second-order valence-corrected chi connectivity index (χ2v) is 4.73. The van der Waals surface area contributed by atoms with Gasteiger partial charge >= 0.3 is 5.97 Å². The van der Waals surface area contributed by atoms with E-state index >= 15 is 0 Å². The maximum absolute atomic E-state index is 12.2. The number of hydrogen-bond donors (Lipinski definition) is 1. The summed E-state index contributed by atoms with van der Waals surface area (Å²) in [6.07, 6.45) is 2.65. The van der Waals surface area contributed by atoms with E-state index in [1.807, 2.05) is 19.1 Å². The van der Waals surface area contributed by atoms with Gasteiger partial charge in [0.25, 0.3) is 0 Å². The normalized spacial score (nSPS) is 13.9. The van der Waals surface area contributed by atoms with Gasteiger partial charge in [-0.2, -0.15) is 0 Å². The molecule has 0 amide bonds. The van der Waals surface area contributed by atoms with Gasteiger partial charge in [-0.25, -0.2) is 4.79 Å². The summed E-state index contributed by atoms with van der Waals surface area (Å²) in [7, 11) is 1.45. The fourth-order valence-electron chi connectivity index (χ4n) is 2.30. The highest BCUT2D eigenvalue weighted by Gasteiger charge is 2.38. The summed E-state index contributed by atoms with van der Waals surface area (Å²) >= 11 is 0. The van der Waals surface area contributed by atoms with Crippen molar-refractivity contribution in [3.05, 3.63) is 35.4 Å². The lowest BCUT2D eigenvalue weighted by molar-refractivity contribution is -0.149. The first-order valence-corrected chi connectivity index (χ1v) is 7.07. The Kier molecular flexibility index (Phi) is 6.03. The quantitative estimate of drug-likeness (QED) is 0.768. The predicted molar refractivity (Wildman–Crippen MR) is 78.1 cm³/mol. The third-order valence-electron chi connectivity index (χ3n) is 3.60. The largest absolute Gasteiger partial charge is 0.467 e. The number of aryl methyl sites for hydroxylation is 1. The highest BCUT2D eigenvalue weighted by Crippen LogP contribution is 2.27. The molecule has 0 saturated carbocycles. The van der Waals surface area contributed by atoms with Crippen LogP contribution in [0.1, 0.15) is 44.7 Å². The van der Waals surface area contributed by atoms with E-state index in [1.165, 1.54) is 12.7 Å². The molecule has 0 heterocycles. The monoisotopic (exact) mass is 263 g/mol. The summed E-state index contributed by atoms with van der Waals surface area (Å²) < 4.78 is 5.01. The van der Waals surface area contributed by atoms with Crippen molar-refractivity contribution in [3.63, 3.8) is 0 Å². The van der Waals surface area contributed by atoms with Crippen LogP contribution in [0, 0.1) is 0 Å². The van der Waals surface area contributed by atoms with Crippen LogP contribution in [0.3, 0.4) is 0 Å². The van der Waals surface area contributed by atoms with Crippen LogP contribution in [0.25, 0.3) is 0 Å². The SMILES string of the molecule is CCCNC(CC)(C(=O)OC)c1ccc(CC)cc1. The molecule has 1 aromatic carbocycles. The average Bonchev–Trinajstić information content (AvgIpc) is 2.48. The smallest absolute Gasteiger partial charge is 0.330 e. The van der Waals surface area contributed by atoms with Crippen molar-refractivity contribution in [2.24, 2.45) is 0 Å². The maximum atomic E-state index is 12.2. The summed E-state index contributed by atoms with van der Waals surface area (Å²) in [5, 5.41) is 3.36. The van der Waals surface area contributed by atoms with Gasteiger partial charge in [-0.1, -0.05) is 45.0 Å². The zero-order valence-corrected chi connectivity index (χ0v) is 12.5. The molecule has 0 saturated heterocycles. The minimum atomic E-state index is -0.725. The highest BCUT2D eigenvalue weighted by molar-refractivity contribution is 5.82. The van der Waals surface area contributed by atoms with Crippen molar-refractivity contribution in [1.29, 1.82) is 0 Å². The Morgan fingerprint density at radius 3 is 2.26 bits per heavy atom. The number of methoxy groups -OCH3 is 1. The van der Waals surface area contributed by atoms with E-state index in [2.05, 4.69) is 31.3 Å². The number of carbonyl (C=O) groups excluding carboxylic acids is 1. The Labute approximate surface area is 116 Å². The fraction of sp³-hybridized carbons (Fsp3) is 0.562. The molecule has 0 radical (unpaired) electrons. The molecule has 1 aromatic rings. The first-order chi connectivity index (χ1) is 9.14. The number of hydrogen-bond acceptors (Lipinski definition) is 3. The predicted octanol–water partition coefficient (Wildman–Crippen LogP) is 3.03. The van der Waals surface area contributed by atoms with Gasteiger partial charge in [0.15, 0.2) is 0 Å². The van der Waals surface area contributed by atoms with Gasteiger partial charge in [0.2, 0.25) is 0 Å². The van der Waals surface area contributed by atoms with Gasteiger partial charge in [-0.3, -0.25) is 5.32 Å². The summed E-state index contributed by atoms with van der Waals surface area (Å²) in [5.74, 6) is -0.215. The van der Waals surface area contributed by atoms with Crippen LogP contribution < -0.4 is 5.32 Å². The zero-order valence-electron chi connectivity index (χ0n) is 12.5. The lowest BCUT2D eigenvalue weighted by atomic mass is 9.86. The Balaban J connectivity index is 3.15. The number of ether oxygens (including phenoxy) is 1. The van der Waals surface area contributed by atoms with Gasteiger partial charge in [0, 0.05) is 0 Å². The van der Waals surface area contributed by atoms with Crippen molar-refractivity contribution in [2.45, 2.75) is 45.6 Å². The number of esters is 1. The van der Waals surface area contributed by atoms with Gasteiger partial charge in [0.05, 0.1) is 7.11 Å². The molecule has 0 spiro atoms. The minimum absolute atomic E-state index is 0.215. The molecule has 0 aliphatic heterocycles. The van der Waals surface area contributed by atoms with Crippen LogP contribution in [-0.4, -0.2) is 19.6 Å². The van der Waals surface area contributed by atoms with Crippen LogP contribution in [0.15, 0.2) is 24.3 Å². The Bertz CT molecular complexity index is 400. The van der Waals surface area contributed by atoms with Crippen LogP contribution in [-0.2, 0) is 21.5 Å². The molecule has 1 atom stereocenters. The molecule has 1 unspecified atom stereocenters. The van der Waals surface area contributed by atoms with Crippen LogP contribution >= 0.6 is 0 Å². The molecule has 0 aromatic heterocycles. The van der Waals surface area contributed by atoms with Crippen LogP contribution in [0.4, 0.5) is 0 Å². The highest BCUT2D eigenvalue weighted by atomic mass is 16.5. The molecular formula is C16H25NO2. The van der Waals surface area contributed by atoms with E-state index in [9.17, 15) is 4.79 Å². The topological polar surface area (TPSA) is 38.3 Å². The zero-order chi connectivity index (χ0) is 14.3. The standard InChI is InChI=1S/C16H25NO2/c1-5-12-17-16(7-3,15(18)19-4)14-10-8-13(6-2)9-11-14/h8-11,17H,5-7,12H2,1-4H3. The van der Waals surface area contributed by atoms with Crippen LogP contribution in [0.5, 0.6) is 0 Å². The fourth-order valence-corrected chi connectivity index (χ4v) is 2.30. The molecule has 3 heteroatoms. The van der Waals surface area contributed by atoms with Crippen LogP contribution in [0.2, 0.25) is 0 Å². The second kappa shape index (κ2) is 7.29. The molecule has 0 fully saturated rings. The van der Waals surface area contributed by atoms with Crippen molar-refractivity contribution in [2.75, 3.05) is 13.7 Å². The summed E-state index contributed by atoms with van der Waals surface area (Å²) in [4.78, 5) is 12.2.